The number of para-hydroxylation sites is 2. The zero-order valence-corrected chi connectivity index (χ0v) is 15.1. The molecule has 5 heteroatoms. The van der Waals surface area contributed by atoms with Crippen molar-refractivity contribution in [3.8, 4) is 0 Å². The Morgan fingerprint density at radius 2 is 2.00 bits per heavy atom. The van der Waals surface area contributed by atoms with Crippen LogP contribution in [-0.4, -0.2) is 36.1 Å². The lowest BCUT2D eigenvalue weighted by Gasteiger charge is -2.36. The fraction of sp³-hybridized carbons (Fsp3) is 0.550. The molecule has 2 aliphatic carbocycles. The van der Waals surface area contributed by atoms with Gasteiger partial charge in [-0.3, -0.25) is 4.79 Å². The van der Waals surface area contributed by atoms with Crippen molar-refractivity contribution in [3.05, 3.63) is 35.7 Å². The molecule has 1 amide bonds. The van der Waals surface area contributed by atoms with Gasteiger partial charge in [0.1, 0.15) is 0 Å². The fourth-order valence-electron chi connectivity index (χ4n) is 4.90. The van der Waals surface area contributed by atoms with Crippen LogP contribution >= 0.6 is 0 Å². The minimum Gasteiger partial charge on any atom is -0.385 e. The molecule has 2 aliphatic rings. The molecule has 1 aromatic carbocycles. The van der Waals surface area contributed by atoms with E-state index in [1.807, 2.05) is 24.3 Å². The molecule has 2 aromatic rings. The number of carbonyl (C=O) groups is 1. The number of amides is 1. The Kier molecular flexibility index (Phi) is 3.80. The summed E-state index contributed by atoms with van der Waals surface area (Å²) in [5.41, 5.74) is 2.98. The Hall–Kier alpha value is -2.01. The third-order valence-corrected chi connectivity index (χ3v) is 6.31. The maximum Gasteiger partial charge on any atom is 0.232 e. The van der Waals surface area contributed by atoms with Gasteiger partial charge in [-0.2, -0.15) is 0 Å². The van der Waals surface area contributed by atoms with E-state index in [-0.39, 0.29) is 11.3 Å². The van der Waals surface area contributed by atoms with Crippen molar-refractivity contribution in [3.63, 3.8) is 0 Å². The van der Waals surface area contributed by atoms with Crippen LogP contribution < -0.4 is 5.32 Å². The van der Waals surface area contributed by atoms with E-state index in [0.29, 0.717) is 19.1 Å². The molecule has 2 atom stereocenters. The van der Waals surface area contributed by atoms with E-state index >= 15 is 0 Å². The van der Waals surface area contributed by atoms with Gasteiger partial charge in [-0.15, -0.1) is 0 Å². The normalized spacial score (nSPS) is 26.0. The Balaban J connectivity index is 1.77. The molecule has 132 valence electrons. The first-order valence-electron chi connectivity index (χ1n) is 9.07. The summed E-state index contributed by atoms with van der Waals surface area (Å²) >= 11 is 0. The molecule has 25 heavy (non-hydrogen) atoms. The number of methoxy groups -OCH3 is 1. The first-order valence-corrected chi connectivity index (χ1v) is 9.07. The van der Waals surface area contributed by atoms with Gasteiger partial charge in [0.25, 0.3) is 0 Å². The summed E-state index contributed by atoms with van der Waals surface area (Å²) in [5, 5.41) is 3.14. The second-order valence-electron chi connectivity index (χ2n) is 7.77. The number of aromatic nitrogens is 2. The fourth-order valence-corrected chi connectivity index (χ4v) is 4.90. The van der Waals surface area contributed by atoms with E-state index in [2.05, 4.69) is 19.2 Å². The monoisotopic (exact) mass is 339 g/mol. The van der Waals surface area contributed by atoms with E-state index in [9.17, 15) is 4.79 Å². The lowest BCUT2D eigenvalue weighted by atomic mass is 9.67. The van der Waals surface area contributed by atoms with Gasteiger partial charge in [0.15, 0.2) is 0 Å². The zero-order valence-electron chi connectivity index (χ0n) is 15.1. The van der Waals surface area contributed by atoms with Crippen molar-refractivity contribution in [1.82, 2.24) is 15.3 Å². The lowest BCUT2D eigenvalue weighted by Crippen LogP contribution is -2.50. The van der Waals surface area contributed by atoms with Gasteiger partial charge in [-0.05, 0) is 36.8 Å². The van der Waals surface area contributed by atoms with Crippen LogP contribution in [0, 0.1) is 5.41 Å². The van der Waals surface area contributed by atoms with Crippen molar-refractivity contribution in [2.24, 2.45) is 5.41 Å². The van der Waals surface area contributed by atoms with Crippen LogP contribution in [0.1, 0.15) is 50.4 Å². The number of fused-ring (bicyclic) bond motifs is 6. The molecule has 2 unspecified atom stereocenters. The highest BCUT2D eigenvalue weighted by Gasteiger charge is 2.67. The molecule has 0 radical (unpaired) electrons. The molecule has 2 bridgehead atoms. The minimum atomic E-state index is -0.572. The lowest BCUT2D eigenvalue weighted by molar-refractivity contribution is -0.130. The maximum absolute atomic E-state index is 13.3. The number of carbonyl (C=O) groups excluding carboxylic acids is 1. The van der Waals surface area contributed by atoms with Crippen LogP contribution in [0.25, 0.3) is 11.0 Å². The largest absolute Gasteiger partial charge is 0.385 e. The van der Waals surface area contributed by atoms with Gasteiger partial charge >= 0.3 is 0 Å². The van der Waals surface area contributed by atoms with E-state index < -0.39 is 5.41 Å². The predicted molar refractivity (Wildman–Crippen MR) is 96.5 cm³/mol. The molecule has 5 nitrogen and oxygen atoms in total. The predicted octanol–water partition coefficient (Wildman–Crippen LogP) is 2.94. The molecule has 4 rings (SSSR count). The summed E-state index contributed by atoms with van der Waals surface area (Å²) in [6, 6.07) is 7.93. The van der Waals surface area contributed by atoms with E-state index in [4.69, 9.17) is 14.7 Å². The molecule has 0 aliphatic heterocycles. The molecular formula is C20H25N3O2. The molecular weight excluding hydrogens is 314 g/mol. The first-order chi connectivity index (χ1) is 12.0. The highest BCUT2D eigenvalue weighted by molar-refractivity contribution is 5.92. The summed E-state index contributed by atoms with van der Waals surface area (Å²) in [4.78, 5) is 23.1. The number of benzene rings is 1. The quantitative estimate of drug-likeness (QED) is 0.851. The van der Waals surface area contributed by atoms with Crippen LogP contribution in [0.3, 0.4) is 0 Å². The summed E-state index contributed by atoms with van der Waals surface area (Å²) in [7, 11) is 1.68. The van der Waals surface area contributed by atoms with Gasteiger partial charge in [0, 0.05) is 26.2 Å². The van der Waals surface area contributed by atoms with E-state index in [1.165, 1.54) is 0 Å². The van der Waals surface area contributed by atoms with Crippen molar-refractivity contribution in [2.45, 2.75) is 44.4 Å². The number of hydrogen-bond donors (Lipinski definition) is 1. The molecule has 1 saturated carbocycles. The molecule has 1 fully saturated rings. The van der Waals surface area contributed by atoms with Gasteiger partial charge in [-0.25, -0.2) is 9.97 Å². The van der Waals surface area contributed by atoms with E-state index in [0.717, 1.165) is 41.7 Å². The third-order valence-electron chi connectivity index (χ3n) is 6.31. The number of hydrogen-bond acceptors (Lipinski definition) is 4. The highest BCUT2D eigenvalue weighted by atomic mass is 16.5. The number of ether oxygens (including phenoxy) is 1. The van der Waals surface area contributed by atoms with Crippen LogP contribution in [0.5, 0.6) is 0 Å². The van der Waals surface area contributed by atoms with Crippen molar-refractivity contribution >= 4 is 16.9 Å². The molecule has 1 aromatic heterocycles. The van der Waals surface area contributed by atoms with Crippen LogP contribution in [-0.2, 0) is 14.9 Å². The van der Waals surface area contributed by atoms with Gasteiger partial charge in [0.2, 0.25) is 5.91 Å². The molecule has 0 spiro atoms. The zero-order chi connectivity index (χ0) is 17.7. The van der Waals surface area contributed by atoms with Gasteiger partial charge in [-0.1, -0.05) is 26.0 Å². The van der Waals surface area contributed by atoms with E-state index in [1.54, 1.807) is 7.11 Å². The van der Waals surface area contributed by atoms with Crippen LogP contribution in [0.2, 0.25) is 0 Å². The van der Waals surface area contributed by atoms with Crippen molar-refractivity contribution in [1.29, 1.82) is 0 Å². The molecule has 1 N–H and O–H groups in total. The average Bonchev–Trinajstić information content (AvgIpc) is 2.98. The Bertz CT molecular complexity index is 833. The maximum atomic E-state index is 13.3. The molecule has 0 saturated heterocycles. The van der Waals surface area contributed by atoms with Crippen LogP contribution in [0.15, 0.2) is 24.3 Å². The summed E-state index contributed by atoms with van der Waals surface area (Å²) < 4.78 is 5.08. The Morgan fingerprint density at radius 3 is 2.72 bits per heavy atom. The first kappa shape index (κ1) is 16.5. The number of nitrogens with zero attached hydrogens (tertiary/aromatic N) is 2. The second-order valence-corrected chi connectivity index (χ2v) is 7.77. The standard InChI is InChI=1S/C20H25N3O2/c1-19(2)13-9-10-20(19,18(24)21-11-6-12-25-3)17-16(13)22-14-7-4-5-8-15(14)23-17/h4-5,7-8,13H,6,9-12H2,1-3H3,(H,21,24). The Morgan fingerprint density at radius 1 is 1.28 bits per heavy atom. The topological polar surface area (TPSA) is 64.1 Å². The SMILES string of the molecule is COCCCNC(=O)C12CCC(c3nc4ccccc4nc31)C2(C)C. The second kappa shape index (κ2) is 5.77. The summed E-state index contributed by atoms with van der Waals surface area (Å²) in [5.74, 6) is 0.392. The summed E-state index contributed by atoms with van der Waals surface area (Å²) in [6.07, 6.45) is 2.66. The van der Waals surface area contributed by atoms with Crippen LogP contribution in [0.4, 0.5) is 0 Å². The van der Waals surface area contributed by atoms with Gasteiger partial charge < -0.3 is 10.1 Å². The highest BCUT2D eigenvalue weighted by Crippen LogP contribution is 2.67. The summed E-state index contributed by atoms with van der Waals surface area (Å²) in [6.45, 7) is 5.69. The average molecular weight is 339 g/mol. The molecule has 1 heterocycles. The van der Waals surface area contributed by atoms with Crippen molar-refractivity contribution in [2.75, 3.05) is 20.3 Å². The third kappa shape index (κ3) is 2.15. The minimum absolute atomic E-state index is 0.0967. The van der Waals surface area contributed by atoms with Crippen molar-refractivity contribution < 1.29 is 9.53 Å². The van der Waals surface area contributed by atoms with Gasteiger partial charge in [0.05, 0.1) is 27.8 Å². The smallest absolute Gasteiger partial charge is 0.232 e. The number of rotatable bonds is 5. The Labute approximate surface area is 148 Å². The number of nitrogens with one attached hydrogen (secondary N) is 1.